The number of ether oxygens (including phenoxy) is 3. The van der Waals surface area contributed by atoms with Crippen LogP contribution in [0.2, 0.25) is 0 Å². The van der Waals surface area contributed by atoms with E-state index < -0.39 is 29.4 Å². The number of carbonyl (C=O) groups excluding carboxylic acids is 1. The molecule has 4 aromatic rings. The second kappa shape index (κ2) is 6.86. The Morgan fingerprint density at radius 3 is 2.39 bits per heavy atom. The summed E-state index contributed by atoms with van der Waals surface area (Å²) in [6.07, 6.45) is 2.35. The molecular weight excluding hydrogens is 456 g/mol. The molecule has 6 nitrogen and oxygen atoms in total. The van der Waals surface area contributed by atoms with Crippen LogP contribution in [0.15, 0.2) is 63.8 Å². The van der Waals surface area contributed by atoms with Gasteiger partial charge in [-0.3, -0.25) is 4.79 Å². The van der Waals surface area contributed by atoms with Crippen molar-refractivity contribution in [1.29, 1.82) is 0 Å². The number of benzene rings is 3. The average molecular weight is 481 g/mol. The Kier molecular flexibility index (Phi) is 4.07. The average Bonchev–Trinajstić information content (AvgIpc) is 2.85. The molecule has 2 atom stereocenters. The number of fused-ring (bicyclic) bond motifs is 12. The monoisotopic (exact) mass is 480 g/mol. The SMILES string of the molecule is CC1(C)C=Cc2c(c3ccccc3c3oc4c(c(=O)c23)[C@H]2OC(C)(C)C(=O)O[C@@H]2c2ccccc2-4)O1. The molecule has 3 aromatic carbocycles. The molecule has 36 heavy (non-hydrogen) atoms. The topological polar surface area (TPSA) is 75.0 Å². The molecule has 6 heteroatoms. The molecule has 1 fully saturated rings. The molecule has 2 aliphatic heterocycles. The van der Waals surface area contributed by atoms with E-state index >= 15 is 0 Å². The van der Waals surface area contributed by atoms with E-state index in [9.17, 15) is 9.59 Å². The summed E-state index contributed by atoms with van der Waals surface area (Å²) in [7, 11) is 0. The molecule has 0 N–H and O–H groups in total. The van der Waals surface area contributed by atoms with Gasteiger partial charge >= 0.3 is 5.97 Å². The lowest BCUT2D eigenvalue weighted by Crippen LogP contribution is -2.47. The van der Waals surface area contributed by atoms with E-state index in [4.69, 9.17) is 18.6 Å². The van der Waals surface area contributed by atoms with Crippen LogP contribution in [-0.2, 0) is 14.3 Å². The van der Waals surface area contributed by atoms with Crippen molar-refractivity contribution in [1.82, 2.24) is 0 Å². The molecular formula is C30H24O6. The summed E-state index contributed by atoms with van der Waals surface area (Å²) in [5.74, 6) is 0.639. The smallest absolute Gasteiger partial charge is 0.338 e. The summed E-state index contributed by atoms with van der Waals surface area (Å²) in [6.45, 7) is 7.27. The highest BCUT2D eigenvalue weighted by Gasteiger charge is 2.50. The molecule has 1 saturated heterocycles. The van der Waals surface area contributed by atoms with Crippen LogP contribution >= 0.6 is 0 Å². The van der Waals surface area contributed by atoms with E-state index in [1.807, 2.05) is 74.5 Å². The Morgan fingerprint density at radius 2 is 1.58 bits per heavy atom. The second-order valence-electron chi connectivity index (χ2n) is 10.7. The lowest BCUT2D eigenvalue weighted by Gasteiger charge is -2.42. The van der Waals surface area contributed by atoms with Gasteiger partial charge < -0.3 is 18.6 Å². The fourth-order valence-corrected chi connectivity index (χ4v) is 5.56. The molecule has 1 aromatic heterocycles. The Hall–Kier alpha value is -3.90. The summed E-state index contributed by atoms with van der Waals surface area (Å²) >= 11 is 0. The van der Waals surface area contributed by atoms with E-state index in [2.05, 4.69) is 0 Å². The highest BCUT2D eigenvalue weighted by molar-refractivity contribution is 6.12. The molecule has 7 rings (SSSR count). The van der Waals surface area contributed by atoms with Gasteiger partial charge in [0.15, 0.2) is 17.1 Å². The third kappa shape index (κ3) is 2.76. The molecule has 0 spiro atoms. The zero-order chi connectivity index (χ0) is 25.0. The Labute approximate surface area is 207 Å². The number of esters is 1. The largest absolute Gasteiger partial charge is 0.482 e. The van der Waals surface area contributed by atoms with Gasteiger partial charge in [0.05, 0.1) is 10.9 Å². The Bertz CT molecular complexity index is 1720. The first-order valence-corrected chi connectivity index (χ1v) is 12.1. The third-order valence-corrected chi connectivity index (χ3v) is 7.31. The third-order valence-electron chi connectivity index (χ3n) is 7.31. The second-order valence-corrected chi connectivity index (χ2v) is 10.7. The maximum atomic E-state index is 14.4. The predicted molar refractivity (Wildman–Crippen MR) is 136 cm³/mol. The summed E-state index contributed by atoms with van der Waals surface area (Å²) in [5.41, 5.74) is 1.09. The van der Waals surface area contributed by atoms with Crippen LogP contribution in [0.5, 0.6) is 5.75 Å². The van der Waals surface area contributed by atoms with Gasteiger partial charge in [0.2, 0.25) is 0 Å². The van der Waals surface area contributed by atoms with Gasteiger partial charge in [-0.05, 0) is 33.8 Å². The molecule has 180 valence electrons. The van der Waals surface area contributed by atoms with E-state index in [-0.39, 0.29) is 5.43 Å². The van der Waals surface area contributed by atoms with Gasteiger partial charge in [-0.15, -0.1) is 0 Å². The van der Waals surface area contributed by atoms with E-state index in [1.165, 1.54) is 0 Å². The van der Waals surface area contributed by atoms with Crippen molar-refractivity contribution >= 4 is 33.8 Å². The van der Waals surface area contributed by atoms with Gasteiger partial charge in [0, 0.05) is 27.5 Å². The van der Waals surface area contributed by atoms with E-state index in [0.29, 0.717) is 33.6 Å². The van der Waals surface area contributed by atoms with Gasteiger partial charge in [0.1, 0.15) is 28.8 Å². The van der Waals surface area contributed by atoms with Gasteiger partial charge in [0.25, 0.3) is 0 Å². The first-order valence-electron chi connectivity index (χ1n) is 12.1. The number of hydrogen-bond acceptors (Lipinski definition) is 6. The summed E-state index contributed by atoms with van der Waals surface area (Å²) in [5, 5.41) is 2.12. The van der Waals surface area contributed by atoms with Crippen molar-refractivity contribution in [2.45, 2.75) is 51.1 Å². The minimum absolute atomic E-state index is 0.209. The first-order chi connectivity index (χ1) is 17.2. The number of hydrogen-bond donors (Lipinski definition) is 0. The fourth-order valence-electron chi connectivity index (χ4n) is 5.56. The number of rotatable bonds is 0. The van der Waals surface area contributed by atoms with E-state index in [0.717, 1.165) is 21.9 Å². The van der Waals surface area contributed by atoms with Crippen molar-refractivity contribution in [3.63, 3.8) is 0 Å². The van der Waals surface area contributed by atoms with Crippen molar-refractivity contribution < 1.29 is 23.4 Å². The zero-order valence-electron chi connectivity index (χ0n) is 20.4. The van der Waals surface area contributed by atoms with Crippen molar-refractivity contribution in [2.75, 3.05) is 0 Å². The highest BCUT2D eigenvalue weighted by atomic mass is 16.6. The first kappa shape index (κ1) is 21.4. The van der Waals surface area contributed by atoms with Crippen LogP contribution in [0.1, 0.15) is 56.6 Å². The quantitative estimate of drug-likeness (QED) is 0.219. The van der Waals surface area contributed by atoms with Crippen LogP contribution in [0, 0.1) is 0 Å². The molecule has 0 radical (unpaired) electrons. The van der Waals surface area contributed by atoms with Crippen molar-refractivity contribution in [3.8, 4) is 17.1 Å². The van der Waals surface area contributed by atoms with Crippen LogP contribution in [0.3, 0.4) is 0 Å². The molecule has 3 aliphatic rings. The van der Waals surface area contributed by atoms with Gasteiger partial charge in [-0.25, -0.2) is 4.79 Å². The number of carbonyl (C=O) groups is 1. The maximum Gasteiger partial charge on any atom is 0.338 e. The fraction of sp³-hybridized carbons (Fsp3) is 0.267. The van der Waals surface area contributed by atoms with E-state index in [1.54, 1.807) is 13.8 Å². The van der Waals surface area contributed by atoms with Crippen molar-refractivity contribution in [3.05, 3.63) is 81.5 Å². The predicted octanol–water partition coefficient (Wildman–Crippen LogP) is 6.25. The minimum atomic E-state index is -1.21. The van der Waals surface area contributed by atoms with Crippen LogP contribution in [0.25, 0.3) is 39.1 Å². The molecule has 1 aliphatic carbocycles. The van der Waals surface area contributed by atoms with Gasteiger partial charge in [-0.1, -0.05) is 54.6 Å². The molecule has 3 heterocycles. The lowest BCUT2D eigenvalue weighted by molar-refractivity contribution is -0.224. The normalized spacial score (nSPS) is 22.7. The molecule has 0 bridgehead atoms. The summed E-state index contributed by atoms with van der Waals surface area (Å²) < 4.78 is 25.2. The van der Waals surface area contributed by atoms with Crippen LogP contribution in [0.4, 0.5) is 0 Å². The zero-order valence-corrected chi connectivity index (χ0v) is 20.4. The molecule has 0 saturated carbocycles. The Morgan fingerprint density at radius 1 is 0.861 bits per heavy atom. The Balaban J connectivity index is 1.64. The minimum Gasteiger partial charge on any atom is -0.482 e. The standard InChI is InChI=1S/C30H24O6/c1-29(2)14-13-19-20-22(31)21-25(33-24(20)16-10-6-5-9-15(16)23(19)35-29)17-11-7-8-12-18(17)26-27(21)36-30(3,4)28(32)34-26/h5-14,26-27H,1-4H3/t26-,27-/m1/s1. The van der Waals surface area contributed by atoms with Crippen LogP contribution in [-0.4, -0.2) is 17.2 Å². The lowest BCUT2D eigenvalue weighted by atomic mass is 9.82. The van der Waals surface area contributed by atoms with Crippen LogP contribution < -0.4 is 10.2 Å². The van der Waals surface area contributed by atoms with Gasteiger partial charge in [-0.2, -0.15) is 0 Å². The van der Waals surface area contributed by atoms with Crippen molar-refractivity contribution in [2.24, 2.45) is 0 Å². The molecule has 0 amide bonds. The maximum absolute atomic E-state index is 14.4. The highest BCUT2D eigenvalue weighted by Crippen LogP contribution is 2.53. The summed E-state index contributed by atoms with van der Waals surface area (Å²) in [4.78, 5) is 27.2. The molecule has 0 unspecified atom stereocenters. The summed E-state index contributed by atoms with van der Waals surface area (Å²) in [6, 6.07) is 15.3.